The highest BCUT2D eigenvalue weighted by atomic mass is 35.5. The number of ether oxygens (including phenoxy) is 1. The average molecular weight is 331 g/mol. The minimum absolute atomic E-state index is 0.0333. The van der Waals surface area contributed by atoms with Crippen molar-refractivity contribution in [2.75, 3.05) is 11.6 Å². The number of hydrazone groups is 1. The van der Waals surface area contributed by atoms with Crippen LogP contribution in [0, 0.1) is 0 Å². The van der Waals surface area contributed by atoms with Crippen molar-refractivity contribution in [3.8, 4) is 0 Å². The number of rotatable bonds is 4. The molecule has 0 radical (unpaired) electrons. The Bertz CT molecular complexity index is 618. The predicted molar refractivity (Wildman–Crippen MR) is 79.0 cm³/mol. The second kappa shape index (κ2) is 6.32. The van der Waals surface area contributed by atoms with E-state index in [1.165, 1.54) is 17.1 Å². The molecule has 1 aliphatic heterocycles. The fourth-order valence-corrected chi connectivity index (χ4v) is 2.20. The third-order valence-electron chi connectivity index (χ3n) is 2.87. The van der Waals surface area contributed by atoms with Gasteiger partial charge in [0.05, 0.1) is 22.3 Å². The van der Waals surface area contributed by atoms with Crippen molar-refractivity contribution in [3.63, 3.8) is 0 Å². The van der Waals surface area contributed by atoms with Gasteiger partial charge in [-0.25, -0.2) is 9.59 Å². The Hall–Kier alpha value is -1.79. The Kier molecular flexibility index (Phi) is 4.69. The Morgan fingerprint density at radius 3 is 2.71 bits per heavy atom. The second-order valence-electron chi connectivity index (χ2n) is 4.27. The molecule has 1 heterocycles. The molecule has 0 saturated heterocycles. The number of hydrogen-bond acceptors (Lipinski definition) is 5. The van der Waals surface area contributed by atoms with Crippen LogP contribution in [0.4, 0.5) is 5.69 Å². The topological polar surface area (TPSA) is 79.2 Å². The standard InChI is InChI=1S/C13H12Cl2N2O4/c1-2-21-13(20)10-6-11(12(18)19)17(16-10)7-3-4-8(14)9(15)5-7/h3-5,11H,2,6H2,1H3,(H,18,19)/t11-/m1/s1. The van der Waals surface area contributed by atoms with Gasteiger partial charge in [-0.3, -0.25) is 5.01 Å². The summed E-state index contributed by atoms with van der Waals surface area (Å²) in [5.74, 6) is -1.71. The number of carboxylic acid groups (broad SMARTS) is 1. The van der Waals surface area contributed by atoms with E-state index in [1.54, 1.807) is 13.0 Å². The molecular weight excluding hydrogens is 319 g/mol. The summed E-state index contributed by atoms with van der Waals surface area (Å²) in [6, 6.07) is 3.64. The monoisotopic (exact) mass is 330 g/mol. The van der Waals surface area contributed by atoms with E-state index in [-0.39, 0.29) is 23.8 Å². The highest BCUT2D eigenvalue weighted by molar-refractivity contribution is 6.42. The summed E-state index contributed by atoms with van der Waals surface area (Å²) in [5, 5.41) is 15.2. The summed E-state index contributed by atoms with van der Waals surface area (Å²) in [7, 11) is 0. The predicted octanol–water partition coefficient (Wildman–Crippen LogP) is 2.58. The van der Waals surface area contributed by atoms with E-state index in [0.717, 1.165) is 0 Å². The van der Waals surface area contributed by atoms with Gasteiger partial charge in [0.25, 0.3) is 0 Å². The van der Waals surface area contributed by atoms with Crippen LogP contribution >= 0.6 is 23.2 Å². The van der Waals surface area contributed by atoms with Gasteiger partial charge in [0.15, 0.2) is 6.04 Å². The van der Waals surface area contributed by atoms with Crippen LogP contribution in [0.15, 0.2) is 23.3 Å². The van der Waals surface area contributed by atoms with E-state index >= 15 is 0 Å². The Balaban J connectivity index is 2.35. The Labute approximate surface area is 130 Å². The van der Waals surface area contributed by atoms with Crippen LogP contribution in [0.25, 0.3) is 0 Å². The summed E-state index contributed by atoms with van der Waals surface area (Å²) in [6.45, 7) is 1.86. The van der Waals surface area contributed by atoms with Crippen LogP contribution in [-0.2, 0) is 14.3 Å². The molecule has 0 amide bonds. The largest absolute Gasteiger partial charge is 0.480 e. The number of halogens is 2. The van der Waals surface area contributed by atoms with Gasteiger partial charge in [-0.05, 0) is 25.1 Å². The highest BCUT2D eigenvalue weighted by Crippen LogP contribution is 2.31. The van der Waals surface area contributed by atoms with Gasteiger partial charge in [0, 0.05) is 6.42 Å². The maximum atomic E-state index is 11.7. The molecule has 0 unspecified atom stereocenters. The van der Waals surface area contributed by atoms with E-state index in [1.807, 2.05) is 0 Å². The molecule has 0 fully saturated rings. The number of aliphatic carboxylic acids is 1. The van der Waals surface area contributed by atoms with Crippen molar-refractivity contribution in [2.45, 2.75) is 19.4 Å². The van der Waals surface area contributed by atoms with E-state index in [0.29, 0.717) is 10.7 Å². The average Bonchev–Trinajstić information content (AvgIpc) is 2.87. The fraction of sp³-hybridized carbons (Fsp3) is 0.308. The van der Waals surface area contributed by atoms with Crippen molar-refractivity contribution < 1.29 is 19.4 Å². The first kappa shape index (κ1) is 15.6. The lowest BCUT2D eigenvalue weighted by Crippen LogP contribution is -2.34. The van der Waals surface area contributed by atoms with Gasteiger partial charge in [-0.2, -0.15) is 5.10 Å². The van der Waals surface area contributed by atoms with E-state index in [9.17, 15) is 14.7 Å². The minimum Gasteiger partial charge on any atom is -0.480 e. The molecule has 0 bridgehead atoms. The molecule has 112 valence electrons. The number of nitrogens with zero attached hydrogens (tertiary/aromatic N) is 2. The van der Waals surface area contributed by atoms with Gasteiger partial charge in [0.2, 0.25) is 0 Å². The summed E-state index contributed by atoms with van der Waals surface area (Å²) >= 11 is 11.8. The van der Waals surface area contributed by atoms with Crippen molar-refractivity contribution in [1.29, 1.82) is 0 Å². The molecule has 1 aromatic rings. The van der Waals surface area contributed by atoms with Crippen LogP contribution in [-0.4, -0.2) is 35.4 Å². The summed E-state index contributed by atoms with van der Waals surface area (Å²) in [6.07, 6.45) is -0.0333. The van der Waals surface area contributed by atoms with Crippen LogP contribution < -0.4 is 5.01 Å². The molecule has 0 aliphatic carbocycles. The number of esters is 1. The summed E-state index contributed by atoms with van der Waals surface area (Å²) < 4.78 is 4.84. The van der Waals surface area contributed by atoms with Gasteiger partial charge < -0.3 is 9.84 Å². The number of benzene rings is 1. The molecule has 2 rings (SSSR count). The number of carboxylic acids is 1. The third kappa shape index (κ3) is 3.28. The van der Waals surface area contributed by atoms with E-state index in [2.05, 4.69) is 5.10 Å². The zero-order valence-electron chi connectivity index (χ0n) is 11.0. The van der Waals surface area contributed by atoms with Gasteiger partial charge in [-0.15, -0.1) is 0 Å². The van der Waals surface area contributed by atoms with Crippen molar-refractivity contribution in [2.24, 2.45) is 5.10 Å². The highest BCUT2D eigenvalue weighted by Gasteiger charge is 2.36. The molecule has 1 atom stereocenters. The maximum Gasteiger partial charge on any atom is 0.354 e. The number of anilines is 1. The quantitative estimate of drug-likeness (QED) is 0.858. The smallest absolute Gasteiger partial charge is 0.354 e. The molecular formula is C13H12Cl2N2O4. The third-order valence-corrected chi connectivity index (χ3v) is 3.61. The first-order chi connectivity index (χ1) is 9.93. The number of carbonyl (C=O) groups excluding carboxylic acids is 1. The van der Waals surface area contributed by atoms with Crippen LogP contribution in [0.3, 0.4) is 0 Å². The van der Waals surface area contributed by atoms with Crippen molar-refractivity contribution in [1.82, 2.24) is 0 Å². The summed E-state index contributed by atoms with van der Waals surface area (Å²) in [5.41, 5.74) is 0.506. The zero-order chi connectivity index (χ0) is 15.6. The Morgan fingerprint density at radius 1 is 1.43 bits per heavy atom. The first-order valence-electron chi connectivity index (χ1n) is 6.15. The maximum absolute atomic E-state index is 11.7. The van der Waals surface area contributed by atoms with Gasteiger partial charge in [0.1, 0.15) is 5.71 Å². The van der Waals surface area contributed by atoms with Crippen LogP contribution in [0.5, 0.6) is 0 Å². The molecule has 8 heteroatoms. The summed E-state index contributed by atoms with van der Waals surface area (Å²) in [4.78, 5) is 23.0. The molecule has 0 spiro atoms. The van der Waals surface area contributed by atoms with Crippen LogP contribution in [0.1, 0.15) is 13.3 Å². The zero-order valence-corrected chi connectivity index (χ0v) is 12.6. The SMILES string of the molecule is CCOC(=O)C1=NN(c2ccc(Cl)c(Cl)c2)[C@@H](C(=O)O)C1. The van der Waals surface area contributed by atoms with E-state index in [4.69, 9.17) is 27.9 Å². The molecule has 1 aromatic carbocycles. The molecule has 21 heavy (non-hydrogen) atoms. The Morgan fingerprint density at radius 2 is 2.14 bits per heavy atom. The normalized spacial score (nSPS) is 17.6. The van der Waals surface area contributed by atoms with Crippen molar-refractivity contribution >= 4 is 46.5 Å². The lowest BCUT2D eigenvalue weighted by molar-refractivity contribution is -0.138. The number of carbonyl (C=O) groups is 2. The van der Waals surface area contributed by atoms with Crippen LogP contribution in [0.2, 0.25) is 10.0 Å². The fourth-order valence-electron chi connectivity index (χ4n) is 1.91. The molecule has 6 nitrogen and oxygen atoms in total. The first-order valence-corrected chi connectivity index (χ1v) is 6.91. The van der Waals surface area contributed by atoms with E-state index < -0.39 is 18.0 Å². The van der Waals surface area contributed by atoms with Crippen molar-refractivity contribution in [3.05, 3.63) is 28.2 Å². The van der Waals surface area contributed by atoms with Gasteiger partial charge >= 0.3 is 11.9 Å². The minimum atomic E-state index is -1.09. The lowest BCUT2D eigenvalue weighted by atomic mass is 10.1. The molecule has 0 saturated carbocycles. The number of hydrogen-bond donors (Lipinski definition) is 1. The van der Waals surface area contributed by atoms with Gasteiger partial charge in [-0.1, -0.05) is 23.2 Å². The lowest BCUT2D eigenvalue weighted by Gasteiger charge is -2.20. The molecule has 1 aliphatic rings. The molecule has 1 N–H and O–H groups in total. The second-order valence-corrected chi connectivity index (χ2v) is 5.08. The molecule has 0 aromatic heterocycles.